The molecular formula is C42H69O22+. The summed E-state index contributed by atoms with van der Waals surface area (Å²) >= 11 is 0. The van der Waals surface area contributed by atoms with E-state index in [4.69, 9.17) is 37.9 Å². The lowest BCUT2D eigenvalue weighted by Gasteiger charge is -2.50. The van der Waals surface area contributed by atoms with Gasteiger partial charge in [0.1, 0.15) is 86.0 Å². The zero-order chi connectivity index (χ0) is 46.0. The fraction of sp³-hybridized carbons (Fsp3) is 0.929. The largest absolute Gasteiger partial charge is 0.460 e. The third-order valence-electron chi connectivity index (χ3n) is 14.3. The van der Waals surface area contributed by atoms with E-state index in [2.05, 4.69) is 0 Å². The van der Waals surface area contributed by atoms with Gasteiger partial charge in [0, 0.05) is 24.8 Å². The van der Waals surface area contributed by atoms with Crippen molar-refractivity contribution in [3.63, 3.8) is 0 Å². The minimum absolute atomic E-state index is 0.0469. The fourth-order valence-corrected chi connectivity index (χ4v) is 10.5. The van der Waals surface area contributed by atoms with E-state index in [1.165, 1.54) is 6.08 Å². The summed E-state index contributed by atoms with van der Waals surface area (Å²) in [5.74, 6) is -1.37. The van der Waals surface area contributed by atoms with E-state index in [-0.39, 0.29) is 37.2 Å². The summed E-state index contributed by atoms with van der Waals surface area (Å²) in [5, 5.41) is 138. The Morgan fingerprint density at radius 3 is 1.70 bits per heavy atom. The molecule has 0 bridgehead atoms. The maximum absolute atomic E-state index is 12.6. The summed E-state index contributed by atoms with van der Waals surface area (Å²) in [6.45, 7) is -2.03. The van der Waals surface area contributed by atoms with Gasteiger partial charge < -0.3 is 104 Å². The molecule has 22 heteroatoms. The van der Waals surface area contributed by atoms with Crippen molar-refractivity contribution in [3.8, 4) is 0 Å². The Bertz CT molecular complexity index is 1490. The molecule has 4 aliphatic heterocycles. The summed E-state index contributed by atoms with van der Waals surface area (Å²) < 4.78 is 46.9. The number of aliphatic hydroxyl groups excluding tert-OH is 13. The van der Waals surface area contributed by atoms with Crippen molar-refractivity contribution in [3.05, 3.63) is 12.2 Å². The predicted molar refractivity (Wildman–Crippen MR) is 212 cm³/mol. The number of fused-ring (bicyclic) bond motifs is 1. The van der Waals surface area contributed by atoms with Gasteiger partial charge in [0.15, 0.2) is 31.1 Å². The first-order valence-corrected chi connectivity index (χ1v) is 22.7. The summed E-state index contributed by atoms with van der Waals surface area (Å²) in [6.07, 6.45) is -21.7. The summed E-state index contributed by atoms with van der Waals surface area (Å²) in [5.41, 5.74) is 0. The minimum Gasteiger partial charge on any atom is -0.460 e. The van der Waals surface area contributed by atoms with Crippen LogP contribution in [0.2, 0.25) is 0 Å². The molecule has 0 aromatic rings. The van der Waals surface area contributed by atoms with Crippen LogP contribution in [0.3, 0.4) is 0 Å². The Balaban J connectivity index is 1.09. The molecule has 14 N–H and O–H groups in total. The SMILES string of the molecule is O=C(C=CC1CCC(O)CC1)OCC1OC(OC2C(OC3CC4C(OC5OC(CO)C(O)C(O)C5O)CC(O)CC4[OH+]C3C3CCC(O)CC3)OC(CO)C(O)C2O)C(O)C(O)C1O. The molecule has 3 saturated carbocycles. The Morgan fingerprint density at radius 1 is 0.547 bits per heavy atom. The van der Waals surface area contributed by atoms with E-state index < -0.39 is 160 Å². The molecule has 4 saturated heterocycles. The molecule has 4 heterocycles. The average molecular weight is 926 g/mol. The van der Waals surface area contributed by atoms with Crippen LogP contribution in [-0.2, 0) is 38.0 Å². The molecule has 64 heavy (non-hydrogen) atoms. The Morgan fingerprint density at radius 2 is 1.08 bits per heavy atom. The van der Waals surface area contributed by atoms with Gasteiger partial charge in [-0.3, -0.25) is 0 Å². The fourth-order valence-electron chi connectivity index (χ4n) is 10.5. The number of carbonyl (C=O) groups excluding carboxylic acids is 1. The van der Waals surface area contributed by atoms with Crippen molar-refractivity contribution >= 4 is 5.97 Å². The molecule has 7 aliphatic rings. The van der Waals surface area contributed by atoms with Crippen molar-refractivity contribution in [2.45, 2.75) is 205 Å². The monoisotopic (exact) mass is 925 g/mol. The average Bonchev–Trinajstić information content (AvgIpc) is 3.28. The molecule has 21 atom stereocenters. The number of hydrogen-bond donors (Lipinski definition) is 13. The normalized spacial score (nSPS) is 50.5. The molecule has 0 radical (unpaired) electrons. The van der Waals surface area contributed by atoms with E-state index in [1.54, 1.807) is 6.08 Å². The van der Waals surface area contributed by atoms with Gasteiger partial charge in [-0.2, -0.15) is 0 Å². The van der Waals surface area contributed by atoms with Crippen LogP contribution in [0.5, 0.6) is 0 Å². The first kappa shape index (κ1) is 50.3. The summed E-state index contributed by atoms with van der Waals surface area (Å²) in [6, 6.07) is 0. The standard InChI is InChI=1S/C42H68O22/c43-14-26-30(49)33(52)36(55)40(61-26)59-24-12-21(47)11-23-22(24)13-25(38(58-23)18-4-8-20(46)9-5-18)60-42-39(35(54)31(50)27(15-44)62-42)64-41-37(56)34(53)32(51)28(63-41)16-57-29(48)10-3-17-1-6-19(45)7-2-17/h3,10,17-28,30-47,49-56H,1-2,4-9,11-16H2/p+1. The van der Waals surface area contributed by atoms with Crippen LogP contribution in [0.25, 0.3) is 0 Å². The first-order valence-electron chi connectivity index (χ1n) is 22.7. The van der Waals surface area contributed by atoms with E-state index in [9.17, 15) is 71.2 Å². The van der Waals surface area contributed by atoms with Gasteiger partial charge in [-0.05, 0) is 63.7 Å². The Hall–Kier alpha value is -1.59. The Labute approximate surface area is 369 Å². The predicted octanol–water partition coefficient (Wildman–Crippen LogP) is -5.17. The van der Waals surface area contributed by atoms with Gasteiger partial charge in [-0.1, -0.05) is 6.08 Å². The Kier molecular flexibility index (Phi) is 17.5. The number of ether oxygens (including phenoxy) is 8. The van der Waals surface area contributed by atoms with Crippen LogP contribution in [0.1, 0.15) is 70.6 Å². The smallest absolute Gasteiger partial charge is 0.330 e. The topological polar surface area (TPSA) is 357 Å². The van der Waals surface area contributed by atoms with Crippen molar-refractivity contribution in [1.29, 1.82) is 0 Å². The zero-order valence-electron chi connectivity index (χ0n) is 35.5. The lowest BCUT2D eigenvalue weighted by molar-refractivity contribution is -0.389. The van der Waals surface area contributed by atoms with Gasteiger partial charge in [-0.25, -0.2) is 4.79 Å². The van der Waals surface area contributed by atoms with Crippen molar-refractivity contribution in [2.24, 2.45) is 17.8 Å². The molecule has 7 rings (SSSR count). The maximum atomic E-state index is 12.6. The second-order valence-electron chi connectivity index (χ2n) is 18.7. The number of hydrogen-bond acceptors (Lipinski definition) is 21. The number of rotatable bonds is 13. The highest BCUT2D eigenvalue weighted by Crippen LogP contribution is 2.44. The number of allylic oxidation sites excluding steroid dienone is 1. The van der Waals surface area contributed by atoms with Gasteiger partial charge in [0.25, 0.3) is 0 Å². The van der Waals surface area contributed by atoms with Gasteiger partial charge in [-0.15, -0.1) is 0 Å². The molecule has 21 unspecified atom stereocenters. The van der Waals surface area contributed by atoms with Crippen LogP contribution >= 0.6 is 0 Å². The van der Waals surface area contributed by atoms with Gasteiger partial charge in [0.2, 0.25) is 0 Å². The summed E-state index contributed by atoms with van der Waals surface area (Å²) in [7, 11) is 0. The molecule has 7 fully saturated rings. The van der Waals surface area contributed by atoms with E-state index in [1.807, 2.05) is 0 Å². The molecule has 0 spiro atoms. The van der Waals surface area contributed by atoms with Gasteiger partial charge in [0.05, 0.1) is 43.5 Å². The number of aliphatic hydroxyl groups is 15. The van der Waals surface area contributed by atoms with E-state index in [0.717, 1.165) is 0 Å². The number of esters is 1. The van der Waals surface area contributed by atoms with Crippen LogP contribution in [-0.4, -0.2) is 232 Å². The van der Waals surface area contributed by atoms with Crippen LogP contribution in [0.15, 0.2) is 12.2 Å². The van der Waals surface area contributed by atoms with E-state index >= 15 is 0 Å². The molecule has 3 aliphatic carbocycles. The highest BCUT2D eigenvalue weighted by atomic mass is 16.8. The van der Waals surface area contributed by atoms with E-state index in [0.29, 0.717) is 51.4 Å². The maximum Gasteiger partial charge on any atom is 0.330 e. The quantitative estimate of drug-likeness (QED) is 0.0466. The number of carbonyl (C=O) groups is 1. The lowest BCUT2D eigenvalue weighted by Crippen LogP contribution is -2.66. The highest BCUT2D eigenvalue weighted by Gasteiger charge is 2.57. The van der Waals surface area contributed by atoms with Crippen molar-refractivity contribution in [2.75, 3.05) is 19.8 Å². The van der Waals surface area contributed by atoms with Crippen molar-refractivity contribution < 1.29 is 109 Å². The minimum atomic E-state index is -1.94. The van der Waals surface area contributed by atoms with Crippen LogP contribution < -0.4 is 0 Å². The molecule has 22 nitrogen and oxygen atoms in total. The molecular weight excluding hydrogens is 856 g/mol. The summed E-state index contributed by atoms with van der Waals surface area (Å²) in [4.78, 5) is 12.6. The molecule has 368 valence electrons. The van der Waals surface area contributed by atoms with Crippen molar-refractivity contribution in [1.82, 2.24) is 0 Å². The van der Waals surface area contributed by atoms with Crippen LogP contribution in [0.4, 0.5) is 0 Å². The molecule has 0 amide bonds. The third-order valence-corrected chi connectivity index (χ3v) is 14.3. The second-order valence-corrected chi connectivity index (χ2v) is 18.7. The van der Waals surface area contributed by atoms with Gasteiger partial charge >= 0.3 is 5.97 Å². The molecule has 0 aromatic heterocycles. The van der Waals surface area contributed by atoms with Crippen LogP contribution in [0, 0.1) is 17.8 Å². The zero-order valence-corrected chi connectivity index (χ0v) is 35.5. The highest BCUT2D eigenvalue weighted by molar-refractivity contribution is 5.81. The second kappa shape index (κ2) is 22.2. The first-order chi connectivity index (χ1) is 30.6. The lowest BCUT2D eigenvalue weighted by atomic mass is 9.73. The molecule has 0 aromatic carbocycles. The third kappa shape index (κ3) is 11.5.